The van der Waals surface area contributed by atoms with Gasteiger partial charge in [0.05, 0.1) is 11.1 Å². The Balaban J connectivity index is 2.46. The van der Waals surface area contributed by atoms with E-state index in [0.717, 1.165) is 5.56 Å². The molecule has 2 atom stereocenters. The average molecular weight is 246 g/mol. The molecule has 94 valence electrons. The van der Waals surface area contributed by atoms with E-state index in [4.69, 9.17) is 10.8 Å². The molecule has 0 amide bonds. The number of hydrogen-bond donors (Lipinski definition) is 2. The summed E-state index contributed by atoms with van der Waals surface area (Å²) in [7, 11) is 0. The van der Waals surface area contributed by atoms with Crippen LogP contribution in [0.1, 0.15) is 18.9 Å². The number of hydrogen-bond acceptors (Lipinski definition) is 4. The van der Waals surface area contributed by atoms with Crippen LogP contribution in [0.15, 0.2) is 29.3 Å². The molecule has 1 heterocycles. The fourth-order valence-electron chi connectivity index (χ4n) is 2.23. The topological polar surface area (TPSA) is 92.8 Å². The Morgan fingerprint density at radius 2 is 2.11 bits per heavy atom. The Hall–Kier alpha value is -2.01. The largest absolute Gasteiger partial charge is 0.480 e. The van der Waals surface area contributed by atoms with Crippen molar-refractivity contribution >= 4 is 23.7 Å². The van der Waals surface area contributed by atoms with Gasteiger partial charge in [0.1, 0.15) is 11.8 Å². The van der Waals surface area contributed by atoms with Crippen molar-refractivity contribution in [3.63, 3.8) is 0 Å². The summed E-state index contributed by atoms with van der Waals surface area (Å²) in [6, 6.07) is 6.12. The highest BCUT2D eigenvalue weighted by atomic mass is 16.4. The zero-order chi connectivity index (χ0) is 13.3. The second-order valence-electron chi connectivity index (χ2n) is 4.45. The number of carbonyl (C=O) groups is 2. The number of Topliss-reactive ketones (excluding diaryl/α,β-unsaturated/α-hetero) is 1. The number of nitrogens with two attached hydrogens (primary N) is 1. The Bertz CT molecular complexity index is 539. The molecule has 1 unspecified atom stereocenters. The number of nitrogens with zero attached hydrogens (tertiary/aromatic N) is 1. The minimum atomic E-state index is -1.12. The molecule has 1 aromatic carbocycles. The van der Waals surface area contributed by atoms with Gasteiger partial charge < -0.3 is 10.8 Å². The van der Waals surface area contributed by atoms with Gasteiger partial charge in [-0.1, -0.05) is 18.2 Å². The summed E-state index contributed by atoms with van der Waals surface area (Å²) >= 11 is 0. The minimum absolute atomic E-state index is 0.0260. The number of carbonyl (C=O) groups excluding carboxylic acids is 1. The van der Waals surface area contributed by atoms with Gasteiger partial charge in [-0.25, -0.2) is 0 Å². The number of rotatable bonds is 4. The smallest absolute Gasteiger partial charge is 0.320 e. The number of para-hydroxylation sites is 1. The molecule has 0 radical (unpaired) electrons. The predicted octanol–water partition coefficient (Wildman–Crippen LogP) is 1.03. The van der Waals surface area contributed by atoms with E-state index < -0.39 is 17.4 Å². The van der Waals surface area contributed by atoms with E-state index in [1.54, 1.807) is 18.2 Å². The highest BCUT2D eigenvalue weighted by Crippen LogP contribution is 2.40. The maximum absolute atomic E-state index is 11.9. The normalized spacial score (nSPS) is 22.6. The van der Waals surface area contributed by atoms with Crippen LogP contribution in [0.2, 0.25) is 0 Å². The zero-order valence-corrected chi connectivity index (χ0v) is 9.96. The lowest BCUT2D eigenvalue weighted by Gasteiger charge is -2.26. The molecule has 0 aliphatic carbocycles. The number of fused-ring (bicyclic) bond motifs is 1. The molecule has 0 saturated heterocycles. The molecule has 0 bridgehead atoms. The predicted molar refractivity (Wildman–Crippen MR) is 67.2 cm³/mol. The van der Waals surface area contributed by atoms with Gasteiger partial charge >= 0.3 is 5.97 Å². The third-order valence-electron chi connectivity index (χ3n) is 3.30. The van der Waals surface area contributed by atoms with Gasteiger partial charge in [0, 0.05) is 6.21 Å². The van der Waals surface area contributed by atoms with Crippen molar-refractivity contribution in [2.24, 2.45) is 10.7 Å². The highest BCUT2D eigenvalue weighted by Gasteiger charge is 2.43. The van der Waals surface area contributed by atoms with Crippen LogP contribution in [0.4, 0.5) is 5.69 Å². The zero-order valence-electron chi connectivity index (χ0n) is 9.96. The van der Waals surface area contributed by atoms with Crippen molar-refractivity contribution in [2.75, 3.05) is 0 Å². The van der Waals surface area contributed by atoms with Crippen LogP contribution in [-0.4, -0.2) is 29.1 Å². The average Bonchev–Trinajstić information content (AvgIpc) is 2.70. The first kappa shape index (κ1) is 12.4. The lowest BCUT2D eigenvalue weighted by atomic mass is 9.74. The number of aliphatic imine (C=N–C) groups is 1. The Morgan fingerprint density at radius 3 is 2.72 bits per heavy atom. The molecule has 1 aliphatic rings. The molecule has 5 heteroatoms. The Morgan fingerprint density at radius 1 is 1.44 bits per heavy atom. The van der Waals surface area contributed by atoms with Gasteiger partial charge in [-0.3, -0.25) is 14.6 Å². The van der Waals surface area contributed by atoms with Gasteiger partial charge in [-0.05, 0) is 25.0 Å². The fraction of sp³-hybridized carbons (Fsp3) is 0.308. The van der Waals surface area contributed by atoms with Gasteiger partial charge in [0.2, 0.25) is 0 Å². The van der Waals surface area contributed by atoms with Crippen molar-refractivity contribution in [1.82, 2.24) is 0 Å². The van der Waals surface area contributed by atoms with Gasteiger partial charge in [0.15, 0.2) is 0 Å². The molecular weight excluding hydrogens is 232 g/mol. The van der Waals surface area contributed by atoms with E-state index in [0.29, 0.717) is 5.69 Å². The quantitative estimate of drug-likeness (QED) is 0.829. The van der Waals surface area contributed by atoms with Crippen molar-refractivity contribution in [1.29, 1.82) is 0 Å². The summed E-state index contributed by atoms with van der Waals surface area (Å²) in [6.07, 6.45) is 1.54. The summed E-state index contributed by atoms with van der Waals surface area (Å²) in [6.45, 7) is 1.43. The molecule has 5 nitrogen and oxygen atoms in total. The SMILES string of the molecule is CC(=O)C1(C[C@H](N)C(=O)O)C=Nc2ccccc21. The molecule has 0 fully saturated rings. The van der Waals surface area contributed by atoms with E-state index in [2.05, 4.69) is 4.99 Å². The van der Waals surface area contributed by atoms with Crippen molar-refractivity contribution in [3.05, 3.63) is 29.8 Å². The van der Waals surface area contributed by atoms with Crippen LogP contribution in [0.3, 0.4) is 0 Å². The molecule has 3 N–H and O–H groups in total. The van der Waals surface area contributed by atoms with Gasteiger partial charge in [-0.15, -0.1) is 0 Å². The first-order valence-electron chi connectivity index (χ1n) is 5.61. The second kappa shape index (κ2) is 4.34. The molecule has 0 aromatic heterocycles. The van der Waals surface area contributed by atoms with Crippen LogP contribution in [-0.2, 0) is 15.0 Å². The summed E-state index contributed by atoms with van der Waals surface area (Å²) < 4.78 is 0. The lowest BCUT2D eigenvalue weighted by molar-refractivity contribution is -0.139. The number of carboxylic acid groups (broad SMARTS) is 1. The first-order valence-corrected chi connectivity index (χ1v) is 5.61. The monoisotopic (exact) mass is 246 g/mol. The molecule has 1 aromatic rings. The van der Waals surface area contributed by atoms with E-state index >= 15 is 0 Å². The summed E-state index contributed by atoms with van der Waals surface area (Å²) in [5.41, 5.74) is 5.99. The third-order valence-corrected chi connectivity index (χ3v) is 3.30. The van der Waals surface area contributed by atoms with Crippen LogP contribution in [0.5, 0.6) is 0 Å². The van der Waals surface area contributed by atoms with Gasteiger partial charge in [-0.2, -0.15) is 0 Å². The second-order valence-corrected chi connectivity index (χ2v) is 4.45. The maximum Gasteiger partial charge on any atom is 0.320 e. The lowest BCUT2D eigenvalue weighted by Crippen LogP contribution is -2.43. The molecule has 0 spiro atoms. The minimum Gasteiger partial charge on any atom is -0.480 e. The number of aliphatic carboxylic acids is 1. The Labute approximate surface area is 104 Å². The van der Waals surface area contributed by atoms with Crippen LogP contribution in [0, 0.1) is 0 Å². The van der Waals surface area contributed by atoms with Gasteiger partial charge in [0.25, 0.3) is 0 Å². The number of benzene rings is 1. The molecular formula is C13H14N2O3. The van der Waals surface area contributed by atoms with Crippen molar-refractivity contribution in [2.45, 2.75) is 24.8 Å². The summed E-state index contributed by atoms with van der Waals surface area (Å²) in [4.78, 5) is 27.0. The molecule has 2 rings (SSSR count). The number of carboxylic acids is 1. The van der Waals surface area contributed by atoms with E-state index in [1.807, 2.05) is 6.07 Å². The summed E-state index contributed by atoms with van der Waals surface area (Å²) in [5, 5.41) is 8.91. The Kier molecular flexibility index (Phi) is 3.00. The highest BCUT2D eigenvalue weighted by molar-refractivity contribution is 6.09. The molecule has 0 saturated carbocycles. The van der Waals surface area contributed by atoms with Crippen molar-refractivity contribution in [3.8, 4) is 0 Å². The first-order chi connectivity index (χ1) is 8.47. The third kappa shape index (κ3) is 1.82. The van der Waals surface area contributed by atoms with Crippen molar-refractivity contribution < 1.29 is 14.7 Å². The van der Waals surface area contributed by atoms with E-state index in [9.17, 15) is 9.59 Å². The molecule has 1 aliphatic heterocycles. The molecule has 18 heavy (non-hydrogen) atoms. The fourth-order valence-corrected chi connectivity index (χ4v) is 2.23. The maximum atomic E-state index is 11.9. The van der Waals surface area contributed by atoms with Crippen LogP contribution < -0.4 is 5.73 Å². The van der Waals surface area contributed by atoms with Crippen LogP contribution in [0.25, 0.3) is 0 Å². The summed E-state index contributed by atoms with van der Waals surface area (Å²) in [5.74, 6) is -1.26. The standard InChI is InChI=1S/C13H14N2O3/c1-8(16)13(6-10(14)12(17)18)7-15-11-5-3-2-4-9(11)13/h2-5,7,10H,6,14H2,1H3,(H,17,18)/t10-,13?/m0/s1. The van der Waals surface area contributed by atoms with E-state index in [1.165, 1.54) is 13.1 Å². The van der Waals surface area contributed by atoms with Crippen LogP contribution >= 0.6 is 0 Å². The number of ketones is 1. The van der Waals surface area contributed by atoms with E-state index in [-0.39, 0.29) is 12.2 Å².